The summed E-state index contributed by atoms with van der Waals surface area (Å²) in [5, 5.41) is 7.82. The van der Waals surface area contributed by atoms with E-state index in [0.29, 0.717) is 62.3 Å². The zero-order chi connectivity index (χ0) is 28.1. The van der Waals surface area contributed by atoms with Crippen LogP contribution < -0.4 is 20.9 Å². The maximum atomic E-state index is 12.8. The highest BCUT2D eigenvalue weighted by atomic mass is 35.5. The van der Waals surface area contributed by atoms with Crippen molar-refractivity contribution in [1.82, 2.24) is 20.2 Å². The van der Waals surface area contributed by atoms with E-state index in [-0.39, 0.29) is 11.5 Å². The maximum Gasteiger partial charge on any atom is 0.259 e. The fourth-order valence-electron chi connectivity index (χ4n) is 5.01. The SMILES string of the molecule is COc1cc(C(=O)NCCN2CCCCC2)ccc1Nc1cc(Cc2c(Cl)cccc2Cl)nc2cc[nH]c(=O)c12. The Kier molecular flexibility index (Phi) is 8.89. The topological polar surface area (TPSA) is 99.3 Å². The molecule has 0 saturated carbocycles. The predicted molar refractivity (Wildman–Crippen MR) is 161 cm³/mol. The van der Waals surface area contributed by atoms with Gasteiger partial charge in [-0.25, -0.2) is 0 Å². The number of aromatic amines is 1. The number of rotatable bonds is 9. The van der Waals surface area contributed by atoms with Crippen molar-refractivity contribution >= 4 is 51.4 Å². The van der Waals surface area contributed by atoms with E-state index in [1.54, 1.807) is 61.8 Å². The Labute approximate surface area is 242 Å². The van der Waals surface area contributed by atoms with Crippen molar-refractivity contribution in [3.8, 4) is 5.75 Å². The number of hydrogen-bond donors (Lipinski definition) is 3. The van der Waals surface area contributed by atoms with Crippen LogP contribution >= 0.6 is 23.2 Å². The molecule has 0 spiro atoms. The number of fused-ring (bicyclic) bond motifs is 1. The number of aromatic nitrogens is 2. The van der Waals surface area contributed by atoms with Gasteiger partial charge in [0.2, 0.25) is 0 Å². The first-order valence-corrected chi connectivity index (χ1v) is 14.1. The zero-order valence-corrected chi connectivity index (χ0v) is 23.7. The second-order valence-electron chi connectivity index (χ2n) is 9.80. The van der Waals surface area contributed by atoms with E-state index in [9.17, 15) is 9.59 Å². The number of hydrogen-bond acceptors (Lipinski definition) is 6. The molecule has 2 aromatic carbocycles. The number of amides is 1. The summed E-state index contributed by atoms with van der Waals surface area (Å²) in [5.74, 6) is 0.309. The molecule has 0 aliphatic carbocycles. The number of likely N-dealkylation sites (tertiary alicyclic amines) is 1. The number of methoxy groups -OCH3 is 1. The molecular weight excluding hydrogens is 549 g/mol. The van der Waals surface area contributed by atoms with Gasteiger partial charge in [-0.1, -0.05) is 35.7 Å². The second kappa shape index (κ2) is 12.7. The number of carbonyl (C=O) groups excluding carboxylic acids is 1. The number of halogens is 2. The molecule has 0 bridgehead atoms. The number of nitrogens with one attached hydrogen (secondary N) is 3. The van der Waals surface area contributed by atoms with Gasteiger partial charge in [0.15, 0.2) is 0 Å². The van der Waals surface area contributed by atoms with E-state index < -0.39 is 0 Å². The minimum atomic E-state index is -0.279. The number of anilines is 2. The lowest BCUT2D eigenvalue weighted by atomic mass is 10.1. The third-order valence-corrected chi connectivity index (χ3v) is 7.81. The molecule has 1 aliphatic heterocycles. The minimum absolute atomic E-state index is 0.161. The zero-order valence-electron chi connectivity index (χ0n) is 22.2. The van der Waals surface area contributed by atoms with Crippen LogP contribution in [0.4, 0.5) is 11.4 Å². The van der Waals surface area contributed by atoms with Crippen LogP contribution in [0.25, 0.3) is 10.9 Å². The fraction of sp³-hybridized carbons (Fsp3) is 0.300. The number of piperidine rings is 1. The van der Waals surface area contributed by atoms with Crippen molar-refractivity contribution < 1.29 is 9.53 Å². The molecule has 5 rings (SSSR count). The van der Waals surface area contributed by atoms with Gasteiger partial charge in [-0.05, 0) is 74.0 Å². The highest BCUT2D eigenvalue weighted by Crippen LogP contribution is 2.33. The molecule has 10 heteroatoms. The number of benzene rings is 2. The van der Waals surface area contributed by atoms with Gasteiger partial charge in [0.05, 0.1) is 29.4 Å². The highest BCUT2D eigenvalue weighted by Gasteiger charge is 2.16. The van der Waals surface area contributed by atoms with Crippen molar-refractivity contribution in [2.45, 2.75) is 25.7 Å². The van der Waals surface area contributed by atoms with E-state index in [2.05, 4.69) is 20.5 Å². The monoisotopic (exact) mass is 579 g/mol. The van der Waals surface area contributed by atoms with Gasteiger partial charge in [-0.15, -0.1) is 0 Å². The highest BCUT2D eigenvalue weighted by molar-refractivity contribution is 6.36. The molecule has 1 fully saturated rings. The molecule has 40 heavy (non-hydrogen) atoms. The van der Waals surface area contributed by atoms with Gasteiger partial charge in [0.25, 0.3) is 11.5 Å². The summed E-state index contributed by atoms with van der Waals surface area (Å²) in [6.07, 6.45) is 5.65. The van der Waals surface area contributed by atoms with Crippen molar-refractivity contribution in [2.75, 3.05) is 38.6 Å². The summed E-state index contributed by atoms with van der Waals surface area (Å²) < 4.78 is 5.62. The molecule has 4 aromatic rings. The predicted octanol–water partition coefficient (Wildman–Crippen LogP) is 5.79. The van der Waals surface area contributed by atoms with Gasteiger partial charge >= 0.3 is 0 Å². The number of H-pyrrole nitrogens is 1. The first-order valence-electron chi connectivity index (χ1n) is 13.3. The molecule has 0 atom stereocenters. The summed E-state index contributed by atoms with van der Waals surface area (Å²) in [6.45, 7) is 3.60. The number of pyridine rings is 2. The lowest BCUT2D eigenvalue weighted by molar-refractivity contribution is 0.0946. The molecule has 2 aromatic heterocycles. The Bertz CT molecular complexity index is 1560. The number of carbonyl (C=O) groups is 1. The van der Waals surface area contributed by atoms with Gasteiger partial charge in [-0.2, -0.15) is 0 Å². The van der Waals surface area contributed by atoms with Gasteiger partial charge in [-0.3, -0.25) is 14.6 Å². The van der Waals surface area contributed by atoms with Crippen LogP contribution in [0, 0.1) is 0 Å². The Morgan fingerprint density at radius 1 is 1.05 bits per heavy atom. The largest absolute Gasteiger partial charge is 0.495 e. The third-order valence-electron chi connectivity index (χ3n) is 7.10. The summed E-state index contributed by atoms with van der Waals surface area (Å²) in [6, 6.07) is 14.1. The van der Waals surface area contributed by atoms with Crippen LogP contribution in [0.5, 0.6) is 5.75 Å². The van der Waals surface area contributed by atoms with Gasteiger partial charge in [0.1, 0.15) is 5.75 Å². The molecule has 208 valence electrons. The van der Waals surface area contributed by atoms with Crippen LogP contribution in [0.3, 0.4) is 0 Å². The molecule has 3 N–H and O–H groups in total. The Morgan fingerprint density at radius 3 is 2.58 bits per heavy atom. The smallest absolute Gasteiger partial charge is 0.259 e. The first kappa shape index (κ1) is 28.0. The van der Waals surface area contributed by atoms with Crippen LogP contribution in [0.15, 0.2) is 59.5 Å². The fourth-order valence-corrected chi connectivity index (χ4v) is 5.54. The van der Waals surface area contributed by atoms with Crippen molar-refractivity contribution in [3.63, 3.8) is 0 Å². The average Bonchev–Trinajstić information content (AvgIpc) is 2.96. The van der Waals surface area contributed by atoms with Crippen molar-refractivity contribution in [2.24, 2.45) is 0 Å². The lowest BCUT2D eigenvalue weighted by Gasteiger charge is -2.26. The quantitative estimate of drug-likeness (QED) is 0.232. The first-order chi connectivity index (χ1) is 19.4. The van der Waals surface area contributed by atoms with Crippen LogP contribution in [-0.4, -0.2) is 54.1 Å². The van der Waals surface area contributed by atoms with E-state index in [1.165, 1.54) is 19.3 Å². The van der Waals surface area contributed by atoms with Crippen LogP contribution in [-0.2, 0) is 6.42 Å². The molecule has 1 amide bonds. The number of ether oxygens (including phenoxy) is 1. The number of nitrogens with zero attached hydrogens (tertiary/aromatic N) is 2. The molecule has 1 saturated heterocycles. The Hall–Kier alpha value is -3.59. The maximum absolute atomic E-state index is 12.8. The average molecular weight is 581 g/mol. The Balaban J connectivity index is 1.39. The van der Waals surface area contributed by atoms with Gasteiger partial charge < -0.3 is 25.3 Å². The molecule has 0 unspecified atom stereocenters. The van der Waals surface area contributed by atoms with E-state index in [0.717, 1.165) is 25.2 Å². The van der Waals surface area contributed by atoms with E-state index in [1.807, 2.05) is 0 Å². The summed E-state index contributed by atoms with van der Waals surface area (Å²) in [4.78, 5) is 35.4. The summed E-state index contributed by atoms with van der Waals surface area (Å²) in [7, 11) is 1.54. The standard InChI is InChI=1S/C30H31Cl2N5O3/c1-40-27-16-19(29(38)34-12-15-37-13-3-2-4-14-37)8-9-24(27)36-26-18-20(17-21-22(31)6-5-7-23(21)32)35-25-10-11-33-30(39)28(25)26/h5-11,16,18H,2-4,12-15,17H2,1H3,(H,33,39)(H,34,38)(H,35,36). The van der Waals surface area contributed by atoms with Crippen molar-refractivity contribution in [3.05, 3.63) is 91.9 Å². The van der Waals surface area contributed by atoms with Crippen LogP contribution in [0.2, 0.25) is 10.0 Å². The normalized spacial score (nSPS) is 13.8. The van der Waals surface area contributed by atoms with E-state index >= 15 is 0 Å². The molecular formula is C30H31Cl2N5O3. The van der Waals surface area contributed by atoms with Gasteiger partial charge in [0, 0.05) is 47.0 Å². The second-order valence-corrected chi connectivity index (χ2v) is 10.6. The van der Waals surface area contributed by atoms with Crippen molar-refractivity contribution in [1.29, 1.82) is 0 Å². The lowest BCUT2D eigenvalue weighted by Crippen LogP contribution is -2.37. The molecule has 1 aliphatic rings. The molecule has 8 nitrogen and oxygen atoms in total. The summed E-state index contributed by atoms with van der Waals surface area (Å²) >= 11 is 12.8. The third kappa shape index (κ3) is 6.41. The molecule has 3 heterocycles. The van der Waals surface area contributed by atoms with Crippen LogP contribution in [0.1, 0.15) is 40.9 Å². The minimum Gasteiger partial charge on any atom is -0.495 e. The molecule has 0 radical (unpaired) electrons. The Morgan fingerprint density at radius 2 is 1.82 bits per heavy atom. The summed E-state index contributed by atoms with van der Waals surface area (Å²) in [5.41, 5.74) is 3.31. The van der Waals surface area contributed by atoms with E-state index in [4.69, 9.17) is 32.9 Å².